The summed E-state index contributed by atoms with van der Waals surface area (Å²) in [5.74, 6) is -0.585. The molecule has 0 spiro atoms. The molecule has 1 aromatic rings. The van der Waals surface area contributed by atoms with Gasteiger partial charge in [-0.05, 0) is 31.0 Å². The Balaban J connectivity index is 2.45. The van der Waals surface area contributed by atoms with Crippen molar-refractivity contribution in [2.24, 2.45) is 5.41 Å². The van der Waals surface area contributed by atoms with Gasteiger partial charge in [-0.2, -0.15) is 0 Å². The second-order valence-corrected chi connectivity index (χ2v) is 4.64. The van der Waals surface area contributed by atoms with E-state index in [9.17, 15) is 14.7 Å². The van der Waals surface area contributed by atoms with Crippen LogP contribution in [0.3, 0.4) is 0 Å². The van der Waals surface area contributed by atoms with Crippen LogP contribution in [-0.4, -0.2) is 31.1 Å². The van der Waals surface area contributed by atoms with Gasteiger partial charge in [-0.25, -0.2) is 0 Å². The third-order valence-corrected chi connectivity index (χ3v) is 3.70. The highest BCUT2D eigenvalue weighted by Crippen LogP contribution is 2.45. The Morgan fingerprint density at radius 2 is 1.89 bits per heavy atom. The summed E-state index contributed by atoms with van der Waals surface area (Å²) in [6.07, 6.45) is 1.51. The number of benzene rings is 1. The van der Waals surface area contributed by atoms with Crippen molar-refractivity contribution in [2.45, 2.75) is 19.3 Å². The summed E-state index contributed by atoms with van der Waals surface area (Å²) in [5.41, 5.74) is -1.02. The van der Waals surface area contributed by atoms with Crippen LogP contribution in [0, 0.1) is 5.41 Å². The molecule has 1 fully saturated rings. The molecule has 0 saturated heterocycles. The number of Topliss-reactive ketones (excluding diaryl/α,β-unsaturated/α-hetero) is 1. The zero-order chi connectivity index (χ0) is 14.0. The van der Waals surface area contributed by atoms with Gasteiger partial charge < -0.3 is 14.6 Å². The predicted molar refractivity (Wildman–Crippen MR) is 67.8 cm³/mol. The summed E-state index contributed by atoms with van der Waals surface area (Å²) in [6, 6.07) is 4.81. The molecule has 0 unspecified atom stereocenters. The van der Waals surface area contributed by atoms with Gasteiger partial charge in [0.25, 0.3) is 0 Å². The van der Waals surface area contributed by atoms with E-state index in [1.54, 1.807) is 12.1 Å². The first-order valence-electron chi connectivity index (χ1n) is 6.05. The fourth-order valence-electron chi connectivity index (χ4n) is 2.32. The van der Waals surface area contributed by atoms with Crippen LogP contribution in [0.15, 0.2) is 18.2 Å². The normalized spacial score (nSPS) is 16.3. The topological polar surface area (TPSA) is 72.8 Å². The quantitative estimate of drug-likeness (QED) is 0.651. The SMILES string of the molecule is COc1ccc(OC)c(C(=O)C2(C(=O)O)CCC2)c1. The number of carboxylic acids is 1. The Hall–Kier alpha value is -2.04. The molecule has 19 heavy (non-hydrogen) atoms. The van der Waals surface area contributed by atoms with Crippen LogP contribution >= 0.6 is 0 Å². The van der Waals surface area contributed by atoms with Crippen LogP contribution in [0.4, 0.5) is 0 Å². The van der Waals surface area contributed by atoms with Gasteiger partial charge in [0.15, 0.2) is 5.78 Å². The number of rotatable bonds is 5. The number of aliphatic carboxylic acids is 1. The standard InChI is InChI=1S/C14H16O5/c1-18-9-4-5-11(19-2)10(8-9)12(15)14(13(16)17)6-3-7-14/h4-5,8H,3,6-7H2,1-2H3,(H,16,17). The van der Waals surface area contributed by atoms with E-state index in [0.717, 1.165) is 6.42 Å². The van der Waals surface area contributed by atoms with Crippen LogP contribution < -0.4 is 9.47 Å². The molecular weight excluding hydrogens is 248 g/mol. The van der Waals surface area contributed by atoms with Crippen molar-refractivity contribution >= 4 is 11.8 Å². The molecule has 0 radical (unpaired) electrons. The van der Waals surface area contributed by atoms with Gasteiger partial charge in [-0.3, -0.25) is 9.59 Å². The number of ether oxygens (including phenoxy) is 2. The van der Waals surface area contributed by atoms with Gasteiger partial charge in [-0.1, -0.05) is 6.42 Å². The van der Waals surface area contributed by atoms with Crippen LogP contribution in [-0.2, 0) is 4.79 Å². The smallest absolute Gasteiger partial charge is 0.317 e. The second kappa shape index (κ2) is 4.91. The first-order chi connectivity index (χ1) is 9.05. The van der Waals surface area contributed by atoms with Gasteiger partial charge in [-0.15, -0.1) is 0 Å². The van der Waals surface area contributed by atoms with E-state index in [1.165, 1.54) is 20.3 Å². The molecule has 0 amide bonds. The molecule has 0 aliphatic heterocycles. The third-order valence-electron chi connectivity index (χ3n) is 3.70. The monoisotopic (exact) mass is 264 g/mol. The molecule has 1 saturated carbocycles. The van der Waals surface area contributed by atoms with Gasteiger partial charge in [0, 0.05) is 0 Å². The van der Waals surface area contributed by atoms with Crippen LogP contribution in [0.1, 0.15) is 29.6 Å². The minimum absolute atomic E-state index is 0.268. The number of hydrogen-bond donors (Lipinski definition) is 1. The van der Waals surface area contributed by atoms with Crippen molar-refractivity contribution in [1.82, 2.24) is 0 Å². The lowest BCUT2D eigenvalue weighted by Gasteiger charge is -2.36. The fourth-order valence-corrected chi connectivity index (χ4v) is 2.32. The lowest BCUT2D eigenvalue weighted by atomic mass is 9.64. The first-order valence-corrected chi connectivity index (χ1v) is 6.05. The number of methoxy groups -OCH3 is 2. The van der Waals surface area contributed by atoms with Gasteiger partial charge in [0.1, 0.15) is 16.9 Å². The van der Waals surface area contributed by atoms with Crippen molar-refractivity contribution in [1.29, 1.82) is 0 Å². The lowest BCUT2D eigenvalue weighted by molar-refractivity contribution is -0.150. The Morgan fingerprint density at radius 3 is 2.32 bits per heavy atom. The van der Waals surface area contributed by atoms with Gasteiger partial charge in [0.05, 0.1) is 19.8 Å². The molecule has 0 heterocycles. The number of carbonyl (C=O) groups excluding carboxylic acids is 1. The number of carboxylic acid groups (broad SMARTS) is 1. The minimum atomic E-state index is -1.29. The zero-order valence-corrected chi connectivity index (χ0v) is 10.9. The average molecular weight is 264 g/mol. The Morgan fingerprint density at radius 1 is 1.21 bits per heavy atom. The molecular formula is C14H16O5. The van der Waals surface area contributed by atoms with Gasteiger partial charge in [0.2, 0.25) is 0 Å². The maximum absolute atomic E-state index is 12.5. The molecule has 1 aliphatic rings. The molecule has 1 aliphatic carbocycles. The minimum Gasteiger partial charge on any atom is -0.497 e. The molecule has 5 nitrogen and oxygen atoms in total. The van der Waals surface area contributed by atoms with E-state index < -0.39 is 17.2 Å². The van der Waals surface area contributed by atoms with E-state index in [4.69, 9.17) is 9.47 Å². The molecule has 0 bridgehead atoms. The highest BCUT2D eigenvalue weighted by atomic mass is 16.5. The van der Waals surface area contributed by atoms with Crippen molar-refractivity contribution in [3.63, 3.8) is 0 Å². The van der Waals surface area contributed by atoms with Crippen molar-refractivity contribution in [3.8, 4) is 11.5 Å². The van der Waals surface area contributed by atoms with Crippen molar-refractivity contribution in [3.05, 3.63) is 23.8 Å². The Labute approximate surface area is 111 Å². The third kappa shape index (κ3) is 2.05. The highest BCUT2D eigenvalue weighted by Gasteiger charge is 2.51. The Kier molecular flexibility index (Phi) is 3.46. The van der Waals surface area contributed by atoms with Crippen LogP contribution in [0.5, 0.6) is 11.5 Å². The van der Waals surface area contributed by atoms with E-state index >= 15 is 0 Å². The van der Waals surface area contributed by atoms with E-state index in [2.05, 4.69) is 0 Å². The molecule has 0 atom stereocenters. The maximum Gasteiger partial charge on any atom is 0.317 e. The molecule has 1 aromatic carbocycles. The largest absolute Gasteiger partial charge is 0.497 e. The Bertz CT molecular complexity index is 517. The van der Waals surface area contributed by atoms with Crippen LogP contribution in [0.2, 0.25) is 0 Å². The molecule has 0 aromatic heterocycles. The first kappa shape index (κ1) is 13.4. The van der Waals surface area contributed by atoms with E-state index in [1.807, 2.05) is 0 Å². The second-order valence-electron chi connectivity index (χ2n) is 4.64. The predicted octanol–water partition coefficient (Wildman–Crippen LogP) is 2.14. The highest BCUT2D eigenvalue weighted by molar-refractivity contribution is 6.14. The summed E-state index contributed by atoms with van der Waals surface area (Å²) >= 11 is 0. The van der Waals surface area contributed by atoms with E-state index in [0.29, 0.717) is 24.3 Å². The fraction of sp³-hybridized carbons (Fsp3) is 0.429. The average Bonchev–Trinajstić information content (AvgIpc) is 2.36. The molecule has 102 valence electrons. The molecule has 5 heteroatoms. The van der Waals surface area contributed by atoms with Crippen LogP contribution in [0.25, 0.3) is 0 Å². The summed E-state index contributed by atoms with van der Waals surface area (Å²) in [4.78, 5) is 23.9. The maximum atomic E-state index is 12.5. The summed E-state index contributed by atoms with van der Waals surface area (Å²) in [7, 11) is 2.94. The molecule has 2 rings (SSSR count). The summed E-state index contributed by atoms with van der Waals surface area (Å²) in [5, 5.41) is 9.31. The summed E-state index contributed by atoms with van der Waals surface area (Å²) < 4.78 is 10.2. The van der Waals surface area contributed by atoms with Crippen molar-refractivity contribution in [2.75, 3.05) is 14.2 Å². The van der Waals surface area contributed by atoms with Gasteiger partial charge >= 0.3 is 5.97 Å². The van der Waals surface area contributed by atoms with E-state index in [-0.39, 0.29) is 5.56 Å². The zero-order valence-electron chi connectivity index (χ0n) is 10.9. The number of ketones is 1. The lowest BCUT2D eigenvalue weighted by Crippen LogP contribution is -2.45. The van der Waals surface area contributed by atoms with Crippen molar-refractivity contribution < 1.29 is 24.2 Å². The number of carbonyl (C=O) groups is 2. The number of hydrogen-bond acceptors (Lipinski definition) is 4. The molecule has 1 N–H and O–H groups in total. The summed E-state index contributed by atoms with van der Waals surface area (Å²) in [6.45, 7) is 0.